The van der Waals surface area contributed by atoms with Crippen LogP contribution in [0.5, 0.6) is 0 Å². The lowest BCUT2D eigenvalue weighted by molar-refractivity contribution is -0.143. The maximum Gasteiger partial charge on any atom is 0.305 e. The van der Waals surface area contributed by atoms with Crippen molar-refractivity contribution in [3.05, 3.63) is 29.3 Å². The smallest absolute Gasteiger partial charge is 0.305 e. The predicted octanol–water partition coefficient (Wildman–Crippen LogP) is 5.11. The van der Waals surface area contributed by atoms with Crippen LogP contribution in [0.4, 0.5) is 5.69 Å². The van der Waals surface area contributed by atoms with Gasteiger partial charge in [0.1, 0.15) is 6.29 Å². The normalized spacial score (nSPS) is 11.0. The molecule has 0 saturated heterocycles. The summed E-state index contributed by atoms with van der Waals surface area (Å²) in [6.07, 6.45) is 7.45. The van der Waals surface area contributed by atoms with Gasteiger partial charge < -0.3 is 20.2 Å². The molecule has 1 aromatic carbocycles. The van der Waals surface area contributed by atoms with Crippen molar-refractivity contribution in [2.24, 2.45) is 5.92 Å². The van der Waals surface area contributed by atoms with Crippen LogP contribution >= 0.6 is 0 Å². The Morgan fingerprint density at radius 2 is 1.82 bits per heavy atom. The number of unbranched alkanes of at least 4 members (excludes halogenated alkanes) is 2. The molecule has 2 N–H and O–H groups in total. The Balaban J connectivity index is 0.000000916. The molecule has 0 bridgehead atoms. The minimum atomic E-state index is -0.103. The number of anilines is 1. The van der Waals surface area contributed by atoms with Crippen LogP contribution in [0.25, 0.3) is 0 Å². The highest BCUT2D eigenvalue weighted by molar-refractivity contribution is 5.98. The molecule has 1 atom stereocenters. The van der Waals surface area contributed by atoms with E-state index < -0.39 is 0 Å². The highest BCUT2D eigenvalue weighted by Gasteiger charge is 2.12. The third-order valence-electron chi connectivity index (χ3n) is 5.45. The fourth-order valence-corrected chi connectivity index (χ4v) is 3.30. The van der Waals surface area contributed by atoms with Crippen molar-refractivity contribution >= 4 is 29.6 Å². The number of esters is 1. The lowest BCUT2D eigenvalue weighted by Gasteiger charge is -2.14. The zero-order valence-electron chi connectivity index (χ0n) is 21.7. The molecule has 0 aliphatic carbocycles. The summed E-state index contributed by atoms with van der Waals surface area (Å²) in [6, 6.07) is 5.85. The second kappa shape index (κ2) is 19.7. The molecule has 1 amide bonds. The van der Waals surface area contributed by atoms with Gasteiger partial charge >= 0.3 is 5.97 Å². The second-order valence-electron chi connectivity index (χ2n) is 8.18. The molecule has 1 aromatic rings. The number of ketones is 1. The second-order valence-corrected chi connectivity index (χ2v) is 8.18. The Kier molecular flexibility index (Phi) is 18.2. The summed E-state index contributed by atoms with van der Waals surface area (Å²) >= 11 is 0. The molecular weight excluding hydrogens is 432 g/mol. The van der Waals surface area contributed by atoms with Gasteiger partial charge in [0, 0.05) is 50.0 Å². The quantitative estimate of drug-likeness (QED) is 0.149. The lowest BCUT2D eigenvalue weighted by atomic mass is 9.98. The number of hydrogen-bond acceptors (Lipinski definition) is 6. The topological polar surface area (TPSA) is 102 Å². The van der Waals surface area contributed by atoms with E-state index in [-0.39, 0.29) is 23.6 Å². The van der Waals surface area contributed by atoms with Gasteiger partial charge in [-0.05, 0) is 43.7 Å². The number of nitrogens with one attached hydrogen (secondary N) is 2. The number of rotatable bonds is 16. The van der Waals surface area contributed by atoms with E-state index in [9.17, 15) is 19.2 Å². The molecule has 7 nitrogen and oxygen atoms in total. The van der Waals surface area contributed by atoms with E-state index in [1.807, 2.05) is 32.0 Å². The maximum absolute atomic E-state index is 12.0. The van der Waals surface area contributed by atoms with E-state index in [2.05, 4.69) is 24.5 Å². The predicted molar refractivity (Wildman–Crippen MR) is 137 cm³/mol. The van der Waals surface area contributed by atoms with E-state index in [0.717, 1.165) is 61.7 Å². The summed E-state index contributed by atoms with van der Waals surface area (Å²) in [5.41, 5.74) is 2.94. The molecular formula is C27H44N2O5. The molecule has 7 heteroatoms. The fraction of sp³-hybridized carbons (Fsp3) is 0.630. The number of aldehydes is 1. The van der Waals surface area contributed by atoms with Crippen molar-refractivity contribution in [1.82, 2.24) is 5.32 Å². The number of ether oxygens (including phenoxy) is 1. The number of carbonyl (C=O) groups excluding carboxylic acids is 4. The Hall–Kier alpha value is -2.70. The van der Waals surface area contributed by atoms with Crippen molar-refractivity contribution in [1.29, 1.82) is 0 Å². The van der Waals surface area contributed by atoms with Crippen LogP contribution in [-0.2, 0) is 25.5 Å². The molecule has 0 spiro atoms. The first-order chi connectivity index (χ1) is 16.4. The van der Waals surface area contributed by atoms with Crippen molar-refractivity contribution in [2.45, 2.75) is 85.5 Å². The van der Waals surface area contributed by atoms with E-state index in [4.69, 9.17) is 4.74 Å². The van der Waals surface area contributed by atoms with Gasteiger partial charge in [-0.2, -0.15) is 0 Å². The zero-order valence-corrected chi connectivity index (χ0v) is 21.7. The van der Waals surface area contributed by atoms with Crippen LogP contribution in [-0.4, -0.2) is 44.1 Å². The minimum absolute atomic E-state index is 0.00171. The Morgan fingerprint density at radius 3 is 2.41 bits per heavy atom. The summed E-state index contributed by atoms with van der Waals surface area (Å²) in [5, 5.41) is 5.92. The first-order valence-electron chi connectivity index (χ1n) is 12.6. The highest BCUT2D eigenvalue weighted by Crippen LogP contribution is 2.22. The summed E-state index contributed by atoms with van der Waals surface area (Å²) in [4.78, 5) is 44.2. The third-order valence-corrected chi connectivity index (χ3v) is 5.45. The van der Waals surface area contributed by atoms with Crippen LogP contribution in [0.15, 0.2) is 18.2 Å². The molecule has 34 heavy (non-hydrogen) atoms. The van der Waals surface area contributed by atoms with Crippen LogP contribution < -0.4 is 10.6 Å². The van der Waals surface area contributed by atoms with Gasteiger partial charge in [0.25, 0.3) is 0 Å². The number of Topliss-reactive ketones (excluding diaryl/α,β-unsaturated/α-hetero) is 1. The average Bonchev–Trinajstić information content (AvgIpc) is 2.86. The Bertz CT molecular complexity index is 749. The molecule has 0 aliphatic rings. The first-order valence-corrected chi connectivity index (χ1v) is 12.6. The highest BCUT2D eigenvalue weighted by atomic mass is 16.5. The molecule has 0 aliphatic heterocycles. The van der Waals surface area contributed by atoms with E-state index >= 15 is 0 Å². The summed E-state index contributed by atoms with van der Waals surface area (Å²) < 4.78 is 5.14. The zero-order chi connectivity index (χ0) is 25.8. The molecule has 192 valence electrons. The molecule has 1 rings (SSSR count). The van der Waals surface area contributed by atoms with Crippen molar-refractivity contribution in [3.63, 3.8) is 0 Å². The number of carbonyl (C=O) groups is 4. The van der Waals surface area contributed by atoms with Crippen molar-refractivity contribution < 1.29 is 23.9 Å². The minimum Gasteiger partial charge on any atom is -0.466 e. The van der Waals surface area contributed by atoms with Gasteiger partial charge in [-0.3, -0.25) is 14.4 Å². The lowest BCUT2D eigenvalue weighted by Crippen LogP contribution is -2.25. The van der Waals surface area contributed by atoms with E-state index in [0.29, 0.717) is 32.3 Å². The number of amides is 1. The molecule has 0 aromatic heterocycles. The summed E-state index contributed by atoms with van der Waals surface area (Å²) in [7, 11) is 1.60. The SMILES string of the molecule is CCCCOC(=O)CCCCNc1cccc(C(=O)CC)c1CC.CNC(=O)C(C)CCC=O. The van der Waals surface area contributed by atoms with Gasteiger partial charge in [-0.15, -0.1) is 0 Å². The van der Waals surface area contributed by atoms with Gasteiger partial charge in [-0.25, -0.2) is 0 Å². The molecule has 1 unspecified atom stereocenters. The van der Waals surface area contributed by atoms with Gasteiger partial charge in [0.15, 0.2) is 5.78 Å². The van der Waals surface area contributed by atoms with E-state index in [1.165, 1.54) is 0 Å². The monoisotopic (exact) mass is 476 g/mol. The van der Waals surface area contributed by atoms with Crippen molar-refractivity contribution in [3.8, 4) is 0 Å². The number of benzene rings is 1. The summed E-state index contributed by atoms with van der Waals surface area (Å²) in [6.45, 7) is 9.17. The fourth-order valence-electron chi connectivity index (χ4n) is 3.30. The van der Waals surface area contributed by atoms with Gasteiger partial charge in [0.2, 0.25) is 5.91 Å². The average molecular weight is 477 g/mol. The van der Waals surface area contributed by atoms with Gasteiger partial charge in [0.05, 0.1) is 6.61 Å². The van der Waals surface area contributed by atoms with Crippen LogP contribution in [0, 0.1) is 5.92 Å². The van der Waals surface area contributed by atoms with Crippen LogP contribution in [0.3, 0.4) is 0 Å². The first kappa shape index (κ1) is 31.3. The molecule has 0 radical (unpaired) electrons. The molecule has 0 heterocycles. The summed E-state index contributed by atoms with van der Waals surface area (Å²) in [5.74, 6) is 0.0376. The molecule has 0 fully saturated rings. The standard InChI is InChI=1S/C20H31NO3.C7H13NO2/c1-4-7-15-24-20(23)13-8-9-14-21-18-12-10-11-17(16(18)5-2)19(22)6-3;1-6(4-3-5-9)7(10)8-2/h10-12,21H,4-9,13-15H2,1-3H3;5-6H,3-4H2,1-2H3,(H,8,10). The Labute approximate surface area is 205 Å². The van der Waals surface area contributed by atoms with E-state index in [1.54, 1.807) is 7.05 Å². The largest absolute Gasteiger partial charge is 0.466 e. The number of hydrogen-bond donors (Lipinski definition) is 2. The van der Waals surface area contributed by atoms with Crippen LogP contribution in [0.2, 0.25) is 0 Å². The van der Waals surface area contributed by atoms with Crippen LogP contribution in [0.1, 0.15) is 95.0 Å². The van der Waals surface area contributed by atoms with Crippen molar-refractivity contribution in [2.75, 3.05) is 25.5 Å². The maximum atomic E-state index is 12.0. The third kappa shape index (κ3) is 13.1. The Morgan fingerprint density at radius 1 is 1.09 bits per heavy atom. The van der Waals surface area contributed by atoms with Gasteiger partial charge in [-0.1, -0.05) is 46.2 Å². The molecule has 0 saturated carbocycles.